The number of hydrogen-bond donors (Lipinski definition) is 1. The highest BCUT2D eigenvalue weighted by atomic mass is 19.4. The molecule has 2 aliphatic heterocycles. The Morgan fingerprint density at radius 1 is 1.20 bits per heavy atom. The lowest BCUT2D eigenvalue weighted by molar-refractivity contribution is -0.142. The second kappa shape index (κ2) is 10.1. The van der Waals surface area contributed by atoms with Crippen molar-refractivity contribution in [2.75, 3.05) is 26.8 Å². The van der Waals surface area contributed by atoms with Crippen molar-refractivity contribution in [2.24, 2.45) is 5.73 Å². The van der Waals surface area contributed by atoms with Gasteiger partial charge in [-0.2, -0.15) is 13.2 Å². The second-order valence-corrected chi connectivity index (χ2v) is 9.32. The molecule has 3 unspecified atom stereocenters. The van der Waals surface area contributed by atoms with Crippen LogP contribution in [-0.4, -0.2) is 55.4 Å². The molecule has 2 aliphatic rings. The van der Waals surface area contributed by atoms with Crippen LogP contribution in [0.2, 0.25) is 0 Å². The number of ether oxygens (including phenoxy) is 3. The molecule has 2 heterocycles. The van der Waals surface area contributed by atoms with Crippen LogP contribution in [0, 0.1) is 0 Å². The van der Waals surface area contributed by atoms with Crippen molar-refractivity contribution in [3.05, 3.63) is 59.7 Å². The molecule has 2 aromatic carbocycles. The standard InChI is InChI=1S/C26H31F3N2O4/c1-17(18-6-8-20(33-2)9-7-18)23-15-25(24(30)32,11-13-34-23)31-12-10-22(16-31)35-21-5-3-4-19(14-21)26(27,28)29/h3-9,14,17,22-23H,10-13,15-16H2,1-2H3,(H2,30,32)/t17-,22?,23?,25?/m0/s1. The van der Waals surface area contributed by atoms with Crippen molar-refractivity contribution in [1.29, 1.82) is 0 Å². The molecular weight excluding hydrogens is 461 g/mol. The summed E-state index contributed by atoms with van der Waals surface area (Å²) in [4.78, 5) is 14.8. The van der Waals surface area contributed by atoms with Gasteiger partial charge in [-0.15, -0.1) is 0 Å². The van der Waals surface area contributed by atoms with E-state index < -0.39 is 23.2 Å². The monoisotopic (exact) mass is 492 g/mol. The number of alkyl halides is 3. The zero-order valence-electron chi connectivity index (χ0n) is 19.9. The van der Waals surface area contributed by atoms with Crippen molar-refractivity contribution in [2.45, 2.75) is 56.0 Å². The summed E-state index contributed by atoms with van der Waals surface area (Å²) in [7, 11) is 1.62. The van der Waals surface area contributed by atoms with Crippen LogP contribution in [0.5, 0.6) is 11.5 Å². The van der Waals surface area contributed by atoms with E-state index >= 15 is 0 Å². The minimum atomic E-state index is -4.44. The van der Waals surface area contributed by atoms with Crippen molar-refractivity contribution in [3.63, 3.8) is 0 Å². The molecule has 2 N–H and O–H groups in total. The molecule has 2 aromatic rings. The van der Waals surface area contributed by atoms with Gasteiger partial charge in [0.05, 0.1) is 18.8 Å². The SMILES string of the molecule is COc1ccc([C@H](C)C2CC(C(N)=O)(N3CCC(Oc4cccc(C(F)(F)F)c4)C3)CCO2)cc1. The van der Waals surface area contributed by atoms with Gasteiger partial charge >= 0.3 is 6.18 Å². The topological polar surface area (TPSA) is 74.0 Å². The van der Waals surface area contributed by atoms with E-state index in [2.05, 4.69) is 6.92 Å². The second-order valence-electron chi connectivity index (χ2n) is 9.32. The number of carbonyl (C=O) groups excluding carboxylic acids is 1. The van der Waals surface area contributed by atoms with E-state index in [9.17, 15) is 18.0 Å². The van der Waals surface area contributed by atoms with E-state index in [1.165, 1.54) is 12.1 Å². The fourth-order valence-electron chi connectivity index (χ4n) is 5.13. The van der Waals surface area contributed by atoms with Gasteiger partial charge in [0.2, 0.25) is 5.91 Å². The lowest BCUT2D eigenvalue weighted by Gasteiger charge is -2.46. The maximum absolute atomic E-state index is 13.1. The summed E-state index contributed by atoms with van der Waals surface area (Å²) < 4.78 is 56.4. The zero-order chi connectivity index (χ0) is 25.2. The molecule has 0 saturated carbocycles. The van der Waals surface area contributed by atoms with Gasteiger partial charge in [-0.05, 0) is 48.7 Å². The van der Waals surface area contributed by atoms with Gasteiger partial charge in [0, 0.05) is 32.0 Å². The molecule has 0 spiro atoms. The first-order chi connectivity index (χ1) is 16.6. The molecule has 1 amide bonds. The molecule has 0 aliphatic carbocycles. The third-order valence-corrected chi connectivity index (χ3v) is 7.26. The normalized spacial score (nSPS) is 26.3. The van der Waals surface area contributed by atoms with Crippen LogP contribution >= 0.6 is 0 Å². The number of methoxy groups -OCH3 is 1. The fraction of sp³-hybridized carbons (Fsp3) is 0.500. The van der Waals surface area contributed by atoms with Crippen molar-refractivity contribution < 1.29 is 32.2 Å². The zero-order valence-corrected chi connectivity index (χ0v) is 19.9. The molecule has 190 valence electrons. The van der Waals surface area contributed by atoms with E-state index in [4.69, 9.17) is 19.9 Å². The van der Waals surface area contributed by atoms with Crippen molar-refractivity contribution >= 4 is 5.91 Å². The van der Waals surface area contributed by atoms with Gasteiger partial charge in [0.25, 0.3) is 0 Å². The number of primary amides is 1. The van der Waals surface area contributed by atoms with Crippen LogP contribution in [0.3, 0.4) is 0 Å². The van der Waals surface area contributed by atoms with Gasteiger partial charge in [-0.3, -0.25) is 9.69 Å². The Balaban J connectivity index is 1.46. The summed E-state index contributed by atoms with van der Waals surface area (Å²) in [6.07, 6.45) is -3.50. The Morgan fingerprint density at radius 2 is 1.94 bits per heavy atom. The van der Waals surface area contributed by atoms with Gasteiger partial charge in [0.15, 0.2) is 0 Å². The van der Waals surface area contributed by atoms with E-state index in [1.54, 1.807) is 7.11 Å². The summed E-state index contributed by atoms with van der Waals surface area (Å²) in [5.74, 6) is 0.547. The molecule has 9 heteroatoms. The van der Waals surface area contributed by atoms with Gasteiger partial charge in [0.1, 0.15) is 23.1 Å². The first-order valence-corrected chi connectivity index (χ1v) is 11.8. The van der Waals surface area contributed by atoms with Crippen LogP contribution < -0.4 is 15.2 Å². The van der Waals surface area contributed by atoms with Crippen molar-refractivity contribution in [3.8, 4) is 11.5 Å². The largest absolute Gasteiger partial charge is 0.497 e. The molecule has 35 heavy (non-hydrogen) atoms. The molecule has 4 atom stereocenters. The Kier molecular flexibility index (Phi) is 7.28. The number of amides is 1. The Bertz CT molecular complexity index is 1030. The third-order valence-electron chi connectivity index (χ3n) is 7.26. The molecule has 2 saturated heterocycles. The molecule has 0 radical (unpaired) electrons. The Morgan fingerprint density at radius 3 is 2.60 bits per heavy atom. The maximum atomic E-state index is 13.1. The number of nitrogens with zero attached hydrogens (tertiary/aromatic N) is 1. The van der Waals surface area contributed by atoms with Gasteiger partial charge in [-0.25, -0.2) is 0 Å². The average Bonchev–Trinajstić information content (AvgIpc) is 3.32. The van der Waals surface area contributed by atoms with Crippen molar-refractivity contribution in [1.82, 2.24) is 4.90 Å². The van der Waals surface area contributed by atoms with Crippen LogP contribution in [-0.2, 0) is 15.7 Å². The fourth-order valence-corrected chi connectivity index (χ4v) is 5.13. The summed E-state index contributed by atoms with van der Waals surface area (Å²) in [6, 6.07) is 12.6. The minimum Gasteiger partial charge on any atom is -0.497 e. The number of benzene rings is 2. The van der Waals surface area contributed by atoms with Crippen LogP contribution in [0.15, 0.2) is 48.5 Å². The lowest BCUT2D eigenvalue weighted by Crippen LogP contribution is -2.61. The number of hydrogen-bond acceptors (Lipinski definition) is 5. The summed E-state index contributed by atoms with van der Waals surface area (Å²) in [5.41, 5.74) is 5.40. The Labute approximate surface area is 203 Å². The van der Waals surface area contributed by atoms with E-state index in [1.807, 2.05) is 29.2 Å². The Hall–Kier alpha value is -2.78. The lowest BCUT2D eigenvalue weighted by atomic mass is 9.79. The van der Waals surface area contributed by atoms with E-state index in [-0.39, 0.29) is 23.9 Å². The number of nitrogens with two attached hydrogens (primary N) is 1. The third kappa shape index (κ3) is 5.41. The summed E-state index contributed by atoms with van der Waals surface area (Å²) >= 11 is 0. The van der Waals surface area contributed by atoms with Crippen LogP contribution in [0.1, 0.15) is 43.2 Å². The van der Waals surface area contributed by atoms with Crippen LogP contribution in [0.25, 0.3) is 0 Å². The highest BCUT2D eigenvalue weighted by Crippen LogP contribution is 2.39. The predicted molar refractivity (Wildman–Crippen MR) is 124 cm³/mol. The van der Waals surface area contributed by atoms with Gasteiger partial charge < -0.3 is 19.9 Å². The highest BCUT2D eigenvalue weighted by Gasteiger charge is 2.50. The molecule has 2 fully saturated rings. The molecule has 0 bridgehead atoms. The molecular formula is C26H31F3N2O4. The first kappa shape index (κ1) is 25.3. The minimum absolute atomic E-state index is 0.0275. The molecule has 6 nitrogen and oxygen atoms in total. The van der Waals surface area contributed by atoms with E-state index in [0.717, 1.165) is 23.4 Å². The van der Waals surface area contributed by atoms with E-state index in [0.29, 0.717) is 39.0 Å². The highest BCUT2D eigenvalue weighted by molar-refractivity contribution is 5.85. The van der Waals surface area contributed by atoms with Gasteiger partial charge in [-0.1, -0.05) is 25.1 Å². The first-order valence-electron chi connectivity index (χ1n) is 11.8. The predicted octanol–water partition coefficient (Wildman–Crippen LogP) is 4.37. The molecule has 0 aromatic heterocycles. The number of halogens is 3. The number of rotatable bonds is 7. The summed E-state index contributed by atoms with van der Waals surface area (Å²) in [5, 5.41) is 0. The number of likely N-dealkylation sites (tertiary alicyclic amines) is 1. The number of carbonyl (C=O) groups is 1. The average molecular weight is 493 g/mol. The smallest absolute Gasteiger partial charge is 0.416 e. The molecule has 4 rings (SSSR count). The quantitative estimate of drug-likeness (QED) is 0.621. The summed E-state index contributed by atoms with van der Waals surface area (Å²) in [6.45, 7) is 3.43. The van der Waals surface area contributed by atoms with Crippen LogP contribution in [0.4, 0.5) is 13.2 Å². The maximum Gasteiger partial charge on any atom is 0.416 e.